The van der Waals surface area contributed by atoms with Gasteiger partial charge in [-0.05, 0) is 39.0 Å². The minimum atomic E-state index is -0.478. The van der Waals surface area contributed by atoms with Crippen molar-refractivity contribution in [1.29, 1.82) is 0 Å². The van der Waals surface area contributed by atoms with E-state index < -0.39 is 5.60 Å². The van der Waals surface area contributed by atoms with Gasteiger partial charge in [0.15, 0.2) is 0 Å². The summed E-state index contributed by atoms with van der Waals surface area (Å²) in [5.41, 5.74) is 1.33. The molecule has 0 atom stereocenters. The van der Waals surface area contributed by atoms with Crippen LogP contribution in [0.5, 0.6) is 0 Å². The fraction of sp³-hybridized carbons (Fsp3) is 0.462. The van der Waals surface area contributed by atoms with Crippen LogP contribution >= 0.6 is 15.9 Å². The first-order valence-corrected chi connectivity index (χ1v) is 6.70. The molecule has 0 bridgehead atoms. The summed E-state index contributed by atoms with van der Waals surface area (Å²) >= 11 is 3.42. The Kier molecular flexibility index (Phi) is 3.52. The van der Waals surface area contributed by atoms with E-state index in [9.17, 15) is 4.79 Å². The second-order valence-corrected chi connectivity index (χ2v) is 6.14. The molecular formula is C13H17BrN2O2. The van der Waals surface area contributed by atoms with E-state index in [1.807, 2.05) is 39.0 Å². The van der Waals surface area contributed by atoms with Gasteiger partial charge in [-0.25, -0.2) is 4.79 Å². The number of ether oxygens (including phenoxy) is 1. The van der Waals surface area contributed by atoms with Crippen molar-refractivity contribution in [2.75, 3.05) is 23.3 Å². The lowest BCUT2D eigenvalue weighted by atomic mass is 10.2. The summed E-state index contributed by atoms with van der Waals surface area (Å²) in [6.07, 6.45) is -0.302. The summed E-state index contributed by atoms with van der Waals surface area (Å²) in [4.78, 5) is 13.8. The first kappa shape index (κ1) is 13.2. The molecule has 0 fully saturated rings. The second kappa shape index (κ2) is 4.80. The standard InChI is InChI=1S/C13H17BrN2O2/c1-13(2,3)18-12(17)16-7-6-15-10-5-4-9(14)8-11(10)16/h4-5,8,15H,6-7H2,1-3H3. The molecule has 2 rings (SSSR count). The van der Waals surface area contributed by atoms with Gasteiger partial charge >= 0.3 is 6.09 Å². The number of hydrogen-bond donors (Lipinski definition) is 1. The Bertz CT molecular complexity index is 469. The van der Waals surface area contributed by atoms with Gasteiger partial charge in [0, 0.05) is 17.6 Å². The fourth-order valence-corrected chi connectivity index (χ4v) is 2.16. The Morgan fingerprint density at radius 2 is 2.17 bits per heavy atom. The summed E-state index contributed by atoms with van der Waals surface area (Å²) < 4.78 is 6.36. The van der Waals surface area contributed by atoms with Gasteiger partial charge in [0.25, 0.3) is 0 Å². The van der Waals surface area contributed by atoms with Crippen molar-refractivity contribution < 1.29 is 9.53 Å². The van der Waals surface area contributed by atoms with Crippen molar-refractivity contribution in [1.82, 2.24) is 0 Å². The largest absolute Gasteiger partial charge is 0.443 e. The third-order valence-electron chi connectivity index (χ3n) is 2.52. The number of carbonyl (C=O) groups is 1. The molecule has 1 aliphatic heterocycles. The van der Waals surface area contributed by atoms with E-state index in [1.54, 1.807) is 4.90 Å². The molecule has 1 amide bonds. The van der Waals surface area contributed by atoms with Crippen molar-refractivity contribution in [2.45, 2.75) is 26.4 Å². The number of halogens is 1. The van der Waals surface area contributed by atoms with Gasteiger partial charge in [-0.2, -0.15) is 0 Å². The summed E-state index contributed by atoms with van der Waals surface area (Å²) in [5, 5.41) is 3.27. The minimum absolute atomic E-state index is 0.302. The molecule has 1 aromatic carbocycles. The van der Waals surface area contributed by atoms with E-state index in [-0.39, 0.29) is 6.09 Å². The highest BCUT2D eigenvalue weighted by Gasteiger charge is 2.27. The molecule has 1 heterocycles. The molecule has 4 nitrogen and oxygen atoms in total. The zero-order valence-electron chi connectivity index (χ0n) is 10.8. The number of rotatable bonds is 0. The molecule has 0 aromatic heterocycles. The first-order valence-electron chi connectivity index (χ1n) is 5.91. The lowest BCUT2D eigenvalue weighted by Crippen LogP contribution is -2.42. The molecule has 0 saturated carbocycles. The number of nitrogens with zero attached hydrogens (tertiary/aromatic N) is 1. The smallest absolute Gasteiger partial charge is 0.414 e. The average Bonchev–Trinajstić information content (AvgIpc) is 2.25. The maximum absolute atomic E-state index is 12.1. The second-order valence-electron chi connectivity index (χ2n) is 5.22. The summed E-state index contributed by atoms with van der Waals surface area (Å²) in [5.74, 6) is 0. The Labute approximate surface area is 115 Å². The van der Waals surface area contributed by atoms with E-state index in [0.717, 1.165) is 22.4 Å². The average molecular weight is 313 g/mol. The Morgan fingerprint density at radius 3 is 2.83 bits per heavy atom. The van der Waals surface area contributed by atoms with E-state index in [4.69, 9.17) is 4.74 Å². The maximum Gasteiger partial charge on any atom is 0.414 e. The normalized spacial score (nSPS) is 14.8. The van der Waals surface area contributed by atoms with Gasteiger partial charge in [-0.1, -0.05) is 15.9 Å². The topological polar surface area (TPSA) is 41.6 Å². The molecule has 1 aromatic rings. The highest BCUT2D eigenvalue weighted by Crippen LogP contribution is 2.32. The molecule has 0 aliphatic carbocycles. The highest BCUT2D eigenvalue weighted by molar-refractivity contribution is 9.10. The van der Waals surface area contributed by atoms with Crippen LogP contribution in [-0.2, 0) is 4.74 Å². The van der Waals surface area contributed by atoms with Crippen LogP contribution in [0.1, 0.15) is 20.8 Å². The monoisotopic (exact) mass is 312 g/mol. The highest BCUT2D eigenvalue weighted by atomic mass is 79.9. The maximum atomic E-state index is 12.1. The lowest BCUT2D eigenvalue weighted by Gasteiger charge is -2.32. The number of anilines is 2. The van der Waals surface area contributed by atoms with Crippen LogP contribution in [0.3, 0.4) is 0 Å². The number of amides is 1. The van der Waals surface area contributed by atoms with E-state index in [2.05, 4.69) is 21.2 Å². The van der Waals surface area contributed by atoms with Gasteiger partial charge in [0.1, 0.15) is 5.60 Å². The molecule has 18 heavy (non-hydrogen) atoms. The molecule has 5 heteroatoms. The molecule has 1 N–H and O–H groups in total. The Balaban J connectivity index is 2.27. The van der Waals surface area contributed by atoms with Crippen molar-refractivity contribution in [3.8, 4) is 0 Å². The van der Waals surface area contributed by atoms with E-state index in [0.29, 0.717) is 6.54 Å². The third kappa shape index (κ3) is 2.96. The van der Waals surface area contributed by atoms with Crippen LogP contribution in [0.15, 0.2) is 22.7 Å². The molecular weight excluding hydrogens is 296 g/mol. The first-order chi connectivity index (χ1) is 8.37. The van der Waals surface area contributed by atoms with Crippen molar-refractivity contribution in [3.63, 3.8) is 0 Å². The van der Waals surface area contributed by atoms with Crippen molar-refractivity contribution in [3.05, 3.63) is 22.7 Å². The summed E-state index contributed by atoms with van der Waals surface area (Å²) in [6.45, 7) is 6.95. The summed E-state index contributed by atoms with van der Waals surface area (Å²) in [6, 6.07) is 5.83. The van der Waals surface area contributed by atoms with E-state index in [1.165, 1.54) is 0 Å². The Hall–Kier alpha value is -1.23. The number of benzene rings is 1. The van der Waals surface area contributed by atoms with Crippen LogP contribution in [0.25, 0.3) is 0 Å². The van der Waals surface area contributed by atoms with Crippen LogP contribution in [0, 0.1) is 0 Å². The molecule has 1 aliphatic rings. The number of nitrogens with one attached hydrogen (secondary N) is 1. The SMILES string of the molecule is CC(C)(C)OC(=O)N1CCNc2ccc(Br)cc21. The number of hydrogen-bond acceptors (Lipinski definition) is 3. The minimum Gasteiger partial charge on any atom is -0.443 e. The van der Waals surface area contributed by atoms with Gasteiger partial charge in [0.2, 0.25) is 0 Å². The predicted octanol–water partition coefficient (Wildman–Crippen LogP) is 3.62. The van der Waals surface area contributed by atoms with Gasteiger partial charge in [-0.3, -0.25) is 4.90 Å². The van der Waals surface area contributed by atoms with E-state index >= 15 is 0 Å². The van der Waals surface area contributed by atoms with Crippen molar-refractivity contribution >= 4 is 33.4 Å². The predicted molar refractivity (Wildman–Crippen MR) is 76.2 cm³/mol. The summed E-state index contributed by atoms with van der Waals surface area (Å²) in [7, 11) is 0. The quantitative estimate of drug-likeness (QED) is 0.795. The molecule has 0 saturated heterocycles. The third-order valence-corrected chi connectivity index (χ3v) is 3.01. The fourth-order valence-electron chi connectivity index (χ4n) is 1.81. The number of fused-ring (bicyclic) bond motifs is 1. The van der Waals surface area contributed by atoms with Gasteiger partial charge < -0.3 is 10.1 Å². The van der Waals surface area contributed by atoms with Crippen LogP contribution in [-0.4, -0.2) is 24.8 Å². The molecule has 98 valence electrons. The van der Waals surface area contributed by atoms with Crippen LogP contribution < -0.4 is 10.2 Å². The van der Waals surface area contributed by atoms with Gasteiger partial charge in [0.05, 0.1) is 11.4 Å². The van der Waals surface area contributed by atoms with Crippen LogP contribution in [0.2, 0.25) is 0 Å². The molecule has 0 spiro atoms. The molecule has 0 unspecified atom stereocenters. The lowest BCUT2D eigenvalue weighted by molar-refractivity contribution is 0.0581. The number of carbonyl (C=O) groups excluding carboxylic acids is 1. The van der Waals surface area contributed by atoms with Crippen molar-refractivity contribution in [2.24, 2.45) is 0 Å². The van der Waals surface area contributed by atoms with Gasteiger partial charge in [-0.15, -0.1) is 0 Å². The van der Waals surface area contributed by atoms with Crippen LogP contribution in [0.4, 0.5) is 16.2 Å². The Morgan fingerprint density at radius 1 is 1.44 bits per heavy atom. The molecule has 0 radical (unpaired) electrons. The zero-order valence-corrected chi connectivity index (χ0v) is 12.4. The zero-order chi connectivity index (χ0) is 13.3.